The lowest BCUT2D eigenvalue weighted by atomic mass is 9.85. The predicted octanol–water partition coefficient (Wildman–Crippen LogP) is 9.58. The molecule has 0 aromatic rings. The highest BCUT2D eigenvalue weighted by atomic mass is 31.2. The average molecular weight is 883 g/mol. The van der Waals surface area contributed by atoms with Gasteiger partial charge in [0.25, 0.3) is 0 Å². The number of phosphoric acid groups is 1. The molecular formula is C48H83O12P. The van der Waals surface area contributed by atoms with Gasteiger partial charge in [-0.1, -0.05) is 170 Å². The van der Waals surface area contributed by atoms with Gasteiger partial charge >= 0.3 is 13.8 Å². The van der Waals surface area contributed by atoms with Gasteiger partial charge in [-0.05, 0) is 57.8 Å². The van der Waals surface area contributed by atoms with Crippen molar-refractivity contribution in [2.24, 2.45) is 0 Å². The van der Waals surface area contributed by atoms with Gasteiger partial charge in [0.15, 0.2) is 0 Å². The van der Waals surface area contributed by atoms with Crippen molar-refractivity contribution in [3.8, 4) is 0 Å². The molecule has 0 saturated heterocycles. The van der Waals surface area contributed by atoms with Gasteiger partial charge in [0, 0.05) is 13.0 Å². The Morgan fingerprint density at radius 2 is 0.951 bits per heavy atom. The van der Waals surface area contributed by atoms with Crippen LogP contribution in [0.5, 0.6) is 0 Å². The molecule has 0 heterocycles. The van der Waals surface area contributed by atoms with Crippen LogP contribution >= 0.6 is 7.82 Å². The van der Waals surface area contributed by atoms with Crippen LogP contribution in [0.2, 0.25) is 0 Å². The number of ether oxygens (including phenoxy) is 2. The average Bonchev–Trinajstić information content (AvgIpc) is 3.24. The normalized spacial score (nSPS) is 22.8. The smallest absolute Gasteiger partial charge is 0.457 e. The molecule has 61 heavy (non-hydrogen) atoms. The van der Waals surface area contributed by atoms with E-state index in [1.54, 1.807) is 0 Å². The first-order chi connectivity index (χ1) is 29.5. The van der Waals surface area contributed by atoms with Gasteiger partial charge in [-0.25, -0.2) is 4.57 Å². The highest BCUT2D eigenvalue weighted by molar-refractivity contribution is 7.47. The Morgan fingerprint density at radius 3 is 1.41 bits per heavy atom. The highest BCUT2D eigenvalue weighted by Gasteiger charge is 2.51. The standard InChI is InChI=1S/C48H83O12P/c1-3-5-7-9-11-13-15-17-19-20-21-22-23-24-26-28-30-32-34-36-38-57-39-41(40-58-61(55,56)60-48-46(53)44(51)43(50)45(52)47(48)54)59-42(49)37-35-33-31-29-27-25-18-16-14-12-10-8-6-4-2/h5,7,11,13,17,19,21-22,24,26,30,32,41,43-48,50-54H,3-4,6,8-10,12,14-16,18,20,23,25,27-29,31,33-40H2,1-2H3,(H,55,56)/b7-5-,13-11-,19-17-,22-21-,26-24-,32-30-. The Kier molecular flexibility index (Phi) is 35.6. The third-order valence-electron chi connectivity index (χ3n) is 10.3. The minimum atomic E-state index is -5.04. The molecule has 0 aromatic heterocycles. The van der Waals surface area contributed by atoms with Gasteiger partial charge in [0.1, 0.15) is 42.7 Å². The summed E-state index contributed by atoms with van der Waals surface area (Å²) in [5, 5.41) is 50.2. The molecule has 13 heteroatoms. The molecule has 352 valence electrons. The summed E-state index contributed by atoms with van der Waals surface area (Å²) in [7, 11) is -5.04. The minimum absolute atomic E-state index is 0.119. The summed E-state index contributed by atoms with van der Waals surface area (Å²) in [6, 6.07) is 0. The molecule has 0 aliphatic heterocycles. The molecule has 0 spiro atoms. The fraction of sp³-hybridized carbons (Fsp3) is 0.729. The molecule has 6 unspecified atom stereocenters. The number of carbonyl (C=O) groups excluding carboxylic acids is 1. The van der Waals surface area contributed by atoms with E-state index in [2.05, 4.69) is 86.8 Å². The number of phosphoric ester groups is 1. The van der Waals surface area contributed by atoms with Gasteiger partial charge in [-0.15, -0.1) is 0 Å². The molecule has 1 aliphatic rings. The van der Waals surface area contributed by atoms with Crippen molar-refractivity contribution in [3.05, 3.63) is 72.9 Å². The van der Waals surface area contributed by atoms with Crippen molar-refractivity contribution in [1.82, 2.24) is 0 Å². The Balaban J connectivity index is 2.44. The first kappa shape index (κ1) is 56.8. The van der Waals surface area contributed by atoms with Crippen molar-refractivity contribution >= 4 is 13.8 Å². The molecule has 6 atom stereocenters. The quantitative estimate of drug-likeness (QED) is 0.0149. The number of allylic oxidation sites excluding steroid dienone is 12. The van der Waals surface area contributed by atoms with Crippen LogP contribution in [0, 0.1) is 0 Å². The molecule has 6 N–H and O–H groups in total. The zero-order chi connectivity index (χ0) is 44.8. The number of hydrogen-bond acceptors (Lipinski definition) is 11. The number of aliphatic hydroxyl groups excluding tert-OH is 5. The van der Waals surface area contributed by atoms with Gasteiger partial charge in [0.05, 0.1) is 13.2 Å². The molecule has 12 nitrogen and oxygen atoms in total. The number of carbonyl (C=O) groups is 1. The van der Waals surface area contributed by atoms with Crippen LogP contribution in [0.15, 0.2) is 72.9 Å². The lowest BCUT2D eigenvalue weighted by Gasteiger charge is -2.41. The Labute approximate surface area is 368 Å². The van der Waals surface area contributed by atoms with E-state index in [0.29, 0.717) is 19.4 Å². The SMILES string of the molecule is CC/C=C\C/C=C\C/C=C\C/C=C\C/C=C\C/C=C\CCCOCC(COP(=O)(O)OC1C(O)C(O)C(O)C(O)C1O)OC(=O)CCCCCCCCCCCCCCCC. The molecular weight excluding hydrogens is 799 g/mol. The maximum absolute atomic E-state index is 12.8. The third-order valence-corrected chi connectivity index (χ3v) is 11.3. The second-order valence-corrected chi connectivity index (χ2v) is 17.3. The molecule has 1 saturated carbocycles. The summed E-state index contributed by atoms with van der Waals surface area (Å²) in [6.07, 6.45) is 36.9. The zero-order valence-corrected chi connectivity index (χ0v) is 38.3. The predicted molar refractivity (Wildman–Crippen MR) is 244 cm³/mol. The maximum Gasteiger partial charge on any atom is 0.472 e. The fourth-order valence-corrected chi connectivity index (χ4v) is 7.64. The lowest BCUT2D eigenvalue weighted by Crippen LogP contribution is -2.64. The first-order valence-electron chi connectivity index (χ1n) is 23.3. The summed E-state index contributed by atoms with van der Waals surface area (Å²) in [5.41, 5.74) is 0. The Morgan fingerprint density at radius 1 is 0.541 bits per heavy atom. The largest absolute Gasteiger partial charge is 0.472 e. The summed E-state index contributed by atoms with van der Waals surface area (Å²) >= 11 is 0. The van der Waals surface area contributed by atoms with Crippen molar-refractivity contribution in [3.63, 3.8) is 0 Å². The van der Waals surface area contributed by atoms with Crippen molar-refractivity contribution in [2.75, 3.05) is 19.8 Å². The Hall–Kier alpha value is -2.22. The van der Waals surface area contributed by atoms with Crippen LogP contribution < -0.4 is 0 Å². The fourth-order valence-electron chi connectivity index (χ4n) is 6.67. The van der Waals surface area contributed by atoms with E-state index in [0.717, 1.165) is 64.2 Å². The van der Waals surface area contributed by atoms with E-state index in [1.165, 1.54) is 64.2 Å². The van der Waals surface area contributed by atoms with Gasteiger partial charge in [-0.3, -0.25) is 13.8 Å². The summed E-state index contributed by atoms with van der Waals surface area (Å²) in [5.74, 6) is -0.499. The number of rotatable bonds is 38. The van der Waals surface area contributed by atoms with Gasteiger partial charge in [0.2, 0.25) is 0 Å². The number of unbranched alkanes of at least 4 members (excludes halogenated alkanes) is 14. The third kappa shape index (κ3) is 30.5. The van der Waals surface area contributed by atoms with Crippen molar-refractivity contribution in [2.45, 2.75) is 204 Å². The minimum Gasteiger partial charge on any atom is -0.457 e. The number of hydrogen-bond donors (Lipinski definition) is 6. The monoisotopic (exact) mass is 883 g/mol. The zero-order valence-electron chi connectivity index (χ0n) is 37.4. The van der Waals surface area contributed by atoms with Crippen LogP contribution in [-0.4, -0.2) is 98.9 Å². The molecule has 0 amide bonds. The molecule has 0 aromatic carbocycles. The molecule has 0 bridgehead atoms. The summed E-state index contributed by atoms with van der Waals surface area (Å²) in [4.78, 5) is 23.1. The van der Waals surface area contributed by atoms with Gasteiger partial charge < -0.3 is 39.9 Å². The van der Waals surface area contributed by atoms with Crippen LogP contribution in [0.3, 0.4) is 0 Å². The van der Waals surface area contributed by atoms with E-state index < -0.39 is 63.1 Å². The molecule has 0 radical (unpaired) electrons. The number of aliphatic hydroxyl groups is 5. The van der Waals surface area contributed by atoms with Crippen LogP contribution in [0.1, 0.15) is 162 Å². The summed E-state index contributed by atoms with van der Waals surface area (Å²) < 4.78 is 34.1. The lowest BCUT2D eigenvalue weighted by molar-refractivity contribution is -0.220. The van der Waals surface area contributed by atoms with Crippen LogP contribution in [-0.2, 0) is 27.9 Å². The van der Waals surface area contributed by atoms with E-state index in [1.807, 2.05) is 0 Å². The first-order valence-corrected chi connectivity index (χ1v) is 24.8. The van der Waals surface area contributed by atoms with E-state index >= 15 is 0 Å². The van der Waals surface area contributed by atoms with Crippen LogP contribution in [0.4, 0.5) is 0 Å². The van der Waals surface area contributed by atoms with Gasteiger partial charge in [-0.2, -0.15) is 0 Å². The highest BCUT2D eigenvalue weighted by Crippen LogP contribution is 2.47. The molecule has 1 fully saturated rings. The molecule has 1 aliphatic carbocycles. The second-order valence-electron chi connectivity index (χ2n) is 15.9. The summed E-state index contributed by atoms with van der Waals surface area (Å²) in [6.45, 7) is 3.99. The topological polar surface area (TPSA) is 192 Å². The van der Waals surface area contributed by atoms with E-state index in [4.69, 9.17) is 18.5 Å². The maximum atomic E-state index is 12.8. The molecule has 1 rings (SSSR count). The van der Waals surface area contributed by atoms with Crippen molar-refractivity contribution < 1.29 is 58.3 Å². The van der Waals surface area contributed by atoms with E-state index in [-0.39, 0.29) is 13.0 Å². The number of esters is 1. The van der Waals surface area contributed by atoms with Crippen LogP contribution in [0.25, 0.3) is 0 Å². The van der Waals surface area contributed by atoms with E-state index in [9.17, 15) is 39.8 Å². The Bertz CT molecular complexity index is 1280. The van der Waals surface area contributed by atoms with Crippen molar-refractivity contribution in [1.29, 1.82) is 0 Å². The second kappa shape index (κ2) is 38.3.